The van der Waals surface area contributed by atoms with Crippen molar-refractivity contribution in [1.29, 1.82) is 0 Å². The molecule has 1 aromatic rings. The van der Waals surface area contributed by atoms with Gasteiger partial charge in [-0.3, -0.25) is 0 Å². The zero-order valence-corrected chi connectivity index (χ0v) is 14.0. The number of benzene rings is 1. The SMILES string of the molecule is CC.COC(=O)N1CCN(c2ccc(OC)c(C(=O)O)c2)CC1. The third-order valence-corrected chi connectivity index (χ3v) is 3.49. The summed E-state index contributed by atoms with van der Waals surface area (Å²) < 4.78 is 9.73. The third-order valence-electron chi connectivity index (χ3n) is 3.49. The summed E-state index contributed by atoms with van der Waals surface area (Å²) in [6.45, 7) is 6.34. The van der Waals surface area contributed by atoms with Crippen LogP contribution in [0.3, 0.4) is 0 Å². The van der Waals surface area contributed by atoms with Crippen LogP contribution in [0.4, 0.5) is 10.5 Å². The molecule has 1 fully saturated rings. The van der Waals surface area contributed by atoms with E-state index in [0.717, 1.165) is 5.69 Å². The minimum absolute atomic E-state index is 0.130. The molecule has 1 aliphatic heterocycles. The molecule has 1 amide bonds. The molecule has 2 rings (SSSR count). The van der Waals surface area contributed by atoms with Gasteiger partial charge >= 0.3 is 12.1 Å². The molecular weight excluding hydrogens is 300 g/mol. The van der Waals surface area contributed by atoms with Gasteiger partial charge in [0.25, 0.3) is 0 Å². The zero-order chi connectivity index (χ0) is 17.4. The molecule has 23 heavy (non-hydrogen) atoms. The Labute approximate surface area is 136 Å². The Morgan fingerprint density at radius 1 is 1.09 bits per heavy atom. The van der Waals surface area contributed by atoms with Gasteiger partial charge in [0, 0.05) is 31.9 Å². The first-order valence-electron chi connectivity index (χ1n) is 7.56. The Balaban J connectivity index is 0.00000127. The summed E-state index contributed by atoms with van der Waals surface area (Å²) in [5.41, 5.74) is 0.933. The molecule has 0 atom stereocenters. The van der Waals surface area contributed by atoms with Crippen LogP contribution < -0.4 is 9.64 Å². The molecule has 0 radical (unpaired) electrons. The molecule has 128 valence electrons. The molecular formula is C16H24N2O5. The molecule has 0 unspecified atom stereocenters. The van der Waals surface area contributed by atoms with Crippen molar-refractivity contribution in [3.8, 4) is 5.75 Å². The van der Waals surface area contributed by atoms with E-state index in [9.17, 15) is 14.7 Å². The number of rotatable bonds is 3. The number of aromatic carboxylic acids is 1. The lowest BCUT2D eigenvalue weighted by Crippen LogP contribution is -2.48. The van der Waals surface area contributed by atoms with Crippen molar-refractivity contribution < 1.29 is 24.2 Å². The second-order valence-electron chi connectivity index (χ2n) is 4.63. The van der Waals surface area contributed by atoms with Crippen LogP contribution in [0.2, 0.25) is 0 Å². The van der Waals surface area contributed by atoms with Gasteiger partial charge in [-0.15, -0.1) is 0 Å². The van der Waals surface area contributed by atoms with Crippen molar-refractivity contribution in [1.82, 2.24) is 4.90 Å². The fourth-order valence-electron chi connectivity index (χ4n) is 2.34. The van der Waals surface area contributed by atoms with Gasteiger partial charge in [0.05, 0.1) is 14.2 Å². The molecule has 1 heterocycles. The monoisotopic (exact) mass is 324 g/mol. The van der Waals surface area contributed by atoms with Gasteiger partial charge in [-0.2, -0.15) is 0 Å². The maximum Gasteiger partial charge on any atom is 0.409 e. The van der Waals surface area contributed by atoms with Gasteiger partial charge in [0.1, 0.15) is 11.3 Å². The zero-order valence-electron chi connectivity index (χ0n) is 14.0. The molecule has 0 aliphatic carbocycles. The first-order chi connectivity index (χ1) is 11.1. The quantitative estimate of drug-likeness (QED) is 0.919. The average Bonchev–Trinajstić information content (AvgIpc) is 2.62. The van der Waals surface area contributed by atoms with Gasteiger partial charge in [-0.25, -0.2) is 9.59 Å². The number of carboxylic acid groups (broad SMARTS) is 1. The largest absolute Gasteiger partial charge is 0.496 e. The third kappa shape index (κ3) is 4.51. The number of carboxylic acids is 1. The van der Waals surface area contributed by atoms with E-state index in [4.69, 9.17) is 4.74 Å². The number of carbonyl (C=O) groups excluding carboxylic acids is 1. The number of hydrogen-bond acceptors (Lipinski definition) is 5. The van der Waals surface area contributed by atoms with Gasteiger partial charge in [0.15, 0.2) is 0 Å². The Morgan fingerprint density at radius 2 is 1.70 bits per heavy atom. The van der Waals surface area contributed by atoms with Crippen LogP contribution in [0.1, 0.15) is 24.2 Å². The van der Waals surface area contributed by atoms with Crippen molar-refractivity contribution in [2.75, 3.05) is 45.3 Å². The summed E-state index contributed by atoms with van der Waals surface area (Å²) >= 11 is 0. The summed E-state index contributed by atoms with van der Waals surface area (Å²) in [4.78, 5) is 26.3. The van der Waals surface area contributed by atoms with E-state index in [1.54, 1.807) is 17.0 Å². The number of ether oxygens (including phenoxy) is 2. The fraction of sp³-hybridized carbons (Fsp3) is 0.500. The molecule has 7 heteroatoms. The van der Waals surface area contributed by atoms with E-state index < -0.39 is 5.97 Å². The average molecular weight is 324 g/mol. The second kappa shape index (κ2) is 8.87. The van der Waals surface area contributed by atoms with Crippen LogP contribution in [0.5, 0.6) is 5.75 Å². The highest BCUT2D eigenvalue weighted by molar-refractivity contribution is 5.92. The van der Waals surface area contributed by atoms with Crippen molar-refractivity contribution in [3.05, 3.63) is 23.8 Å². The van der Waals surface area contributed by atoms with Gasteiger partial charge in [0.2, 0.25) is 0 Å². The molecule has 0 spiro atoms. The Hall–Kier alpha value is -2.44. The maximum atomic E-state index is 11.4. The molecule has 0 saturated carbocycles. The van der Waals surface area contributed by atoms with E-state index in [1.807, 2.05) is 24.8 Å². The highest BCUT2D eigenvalue weighted by Gasteiger charge is 2.22. The van der Waals surface area contributed by atoms with Crippen LogP contribution in [-0.2, 0) is 4.74 Å². The first-order valence-corrected chi connectivity index (χ1v) is 7.56. The fourth-order valence-corrected chi connectivity index (χ4v) is 2.34. The van der Waals surface area contributed by atoms with Gasteiger partial charge < -0.3 is 24.4 Å². The first kappa shape index (κ1) is 18.6. The Morgan fingerprint density at radius 3 is 2.17 bits per heavy atom. The van der Waals surface area contributed by atoms with E-state index in [0.29, 0.717) is 31.9 Å². The number of carbonyl (C=O) groups is 2. The predicted octanol–water partition coefficient (Wildman–Crippen LogP) is 2.31. The lowest BCUT2D eigenvalue weighted by atomic mass is 10.1. The molecule has 1 aromatic carbocycles. The number of methoxy groups -OCH3 is 2. The van der Waals surface area contributed by atoms with Crippen LogP contribution in [0.25, 0.3) is 0 Å². The summed E-state index contributed by atoms with van der Waals surface area (Å²) in [5.74, 6) is -0.693. The lowest BCUT2D eigenvalue weighted by Gasteiger charge is -2.35. The predicted molar refractivity (Wildman–Crippen MR) is 87.5 cm³/mol. The Bertz CT molecular complexity index is 539. The number of anilines is 1. The van der Waals surface area contributed by atoms with E-state index in [2.05, 4.69) is 4.74 Å². The van der Waals surface area contributed by atoms with E-state index >= 15 is 0 Å². The minimum Gasteiger partial charge on any atom is -0.496 e. The minimum atomic E-state index is -1.03. The molecule has 7 nitrogen and oxygen atoms in total. The number of piperazine rings is 1. The topological polar surface area (TPSA) is 79.3 Å². The summed E-state index contributed by atoms with van der Waals surface area (Å²) in [6, 6.07) is 5.06. The maximum absolute atomic E-state index is 11.4. The molecule has 1 aliphatic rings. The summed E-state index contributed by atoms with van der Waals surface area (Å²) in [6.07, 6.45) is -0.337. The summed E-state index contributed by atoms with van der Waals surface area (Å²) in [7, 11) is 2.80. The van der Waals surface area contributed by atoms with Crippen LogP contribution in [-0.4, -0.2) is 62.5 Å². The standard InChI is InChI=1S/C14H18N2O5.C2H6/c1-20-12-4-3-10(9-11(12)13(17)18)15-5-7-16(8-6-15)14(19)21-2;1-2/h3-4,9H,5-8H2,1-2H3,(H,17,18);1-2H3. The highest BCUT2D eigenvalue weighted by atomic mass is 16.5. The number of amides is 1. The van der Waals surface area contributed by atoms with Gasteiger partial charge in [-0.1, -0.05) is 13.8 Å². The number of hydrogen-bond donors (Lipinski definition) is 1. The van der Waals surface area contributed by atoms with Crippen LogP contribution >= 0.6 is 0 Å². The smallest absolute Gasteiger partial charge is 0.409 e. The van der Waals surface area contributed by atoms with Crippen molar-refractivity contribution in [2.45, 2.75) is 13.8 Å². The summed E-state index contributed by atoms with van der Waals surface area (Å²) in [5, 5.41) is 9.20. The lowest BCUT2D eigenvalue weighted by molar-refractivity contribution is 0.0693. The van der Waals surface area contributed by atoms with Crippen molar-refractivity contribution >= 4 is 17.7 Å². The number of nitrogens with zero attached hydrogens (tertiary/aromatic N) is 2. The highest BCUT2D eigenvalue weighted by Crippen LogP contribution is 2.26. The van der Waals surface area contributed by atoms with E-state index in [-0.39, 0.29) is 11.7 Å². The van der Waals surface area contributed by atoms with Crippen LogP contribution in [0.15, 0.2) is 18.2 Å². The normalized spacial score (nSPS) is 13.7. The van der Waals surface area contributed by atoms with Gasteiger partial charge in [-0.05, 0) is 18.2 Å². The molecule has 1 N–H and O–H groups in total. The van der Waals surface area contributed by atoms with Crippen molar-refractivity contribution in [2.24, 2.45) is 0 Å². The van der Waals surface area contributed by atoms with E-state index in [1.165, 1.54) is 14.2 Å². The molecule has 0 aromatic heterocycles. The van der Waals surface area contributed by atoms with Crippen LogP contribution in [0, 0.1) is 0 Å². The van der Waals surface area contributed by atoms with Crippen molar-refractivity contribution in [3.63, 3.8) is 0 Å². The molecule has 1 saturated heterocycles. The molecule has 0 bridgehead atoms. The second-order valence-corrected chi connectivity index (χ2v) is 4.63. The Kier molecular flexibility index (Phi) is 7.18.